The number of carbonyl (C=O) groups is 1. The summed E-state index contributed by atoms with van der Waals surface area (Å²) in [4.78, 5) is 18.2. The highest BCUT2D eigenvalue weighted by Crippen LogP contribution is 2.38. The first-order valence-electron chi connectivity index (χ1n) is 8.09. The van der Waals surface area contributed by atoms with E-state index in [-0.39, 0.29) is 17.0 Å². The monoisotopic (exact) mass is 333 g/mol. The summed E-state index contributed by atoms with van der Waals surface area (Å²) in [5.41, 5.74) is 0. The molecule has 1 saturated heterocycles. The number of rotatable bonds is 4. The van der Waals surface area contributed by atoms with E-state index in [1.165, 1.54) is 0 Å². The molecule has 1 aliphatic rings. The van der Waals surface area contributed by atoms with Crippen LogP contribution in [0.3, 0.4) is 0 Å². The summed E-state index contributed by atoms with van der Waals surface area (Å²) >= 11 is 0. The Hall–Kier alpha value is -1.58. The van der Waals surface area contributed by atoms with Crippen molar-refractivity contribution in [3.8, 4) is 11.8 Å². The Morgan fingerprint density at radius 2 is 2.04 bits per heavy atom. The summed E-state index contributed by atoms with van der Waals surface area (Å²) in [6, 6.07) is 0. The molecule has 126 valence electrons. The van der Waals surface area contributed by atoms with Gasteiger partial charge in [0.25, 0.3) is 5.91 Å². The molecule has 0 spiro atoms. The molecular formula is C17H27N3O2Si. The summed E-state index contributed by atoms with van der Waals surface area (Å²) in [6.07, 6.45) is 5.83. The summed E-state index contributed by atoms with van der Waals surface area (Å²) < 4.78 is 8.16. The zero-order valence-electron chi connectivity index (χ0n) is 14.8. The Bertz CT molecular complexity index is 594. The summed E-state index contributed by atoms with van der Waals surface area (Å²) in [5.74, 6) is 6.23. The van der Waals surface area contributed by atoms with Crippen molar-refractivity contribution >= 4 is 14.2 Å². The van der Waals surface area contributed by atoms with Gasteiger partial charge in [0.1, 0.15) is 6.10 Å². The number of hydrogen-bond donors (Lipinski definition) is 0. The molecule has 1 atom stereocenters. The molecule has 6 heteroatoms. The summed E-state index contributed by atoms with van der Waals surface area (Å²) in [6.45, 7) is 12.8. The van der Waals surface area contributed by atoms with Gasteiger partial charge in [-0.2, -0.15) is 0 Å². The lowest BCUT2D eigenvalue weighted by Gasteiger charge is -2.37. The Kier molecular flexibility index (Phi) is 5.32. The largest absolute Gasteiger partial charge is 0.405 e. The lowest BCUT2D eigenvalue weighted by molar-refractivity contribution is -0.133. The van der Waals surface area contributed by atoms with Gasteiger partial charge in [-0.25, -0.2) is 4.98 Å². The van der Waals surface area contributed by atoms with Gasteiger partial charge in [0.15, 0.2) is 8.32 Å². The Morgan fingerprint density at radius 1 is 1.35 bits per heavy atom. The fourth-order valence-electron chi connectivity index (χ4n) is 2.19. The molecule has 1 fully saturated rings. The standard InChI is InChI=1S/C17H27N3O2Si/c1-17(2,3)23(4,5)22-15-8-12-20(16(15)21)11-7-6-10-19-13-9-18-14-19/h9,13-15H,8,10-12H2,1-5H3/t15-/m1/s1. The topological polar surface area (TPSA) is 47.4 Å². The van der Waals surface area contributed by atoms with Gasteiger partial charge in [-0.1, -0.05) is 32.6 Å². The number of likely N-dealkylation sites (tertiary alicyclic amines) is 1. The minimum atomic E-state index is -1.91. The third-order valence-electron chi connectivity index (χ3n) is 4.71. The average molecular weight is 334 g/mol. The first-order valence-corrected chi connectivity index (χ1v) is 11.0. The van der Waals surface area contributed by atoms with Gasteiger partial charge in [0.05, 0.1) is 19.4 Å². The van der Waals surface area contributed by atoms with Gasteiger partial charge in [-0.05, 0) is 24.6 Å². The smallest absolute Gasteiger partial charge is 0.251 e. The van der Waals surface area contributed by atoms with Crippen LogP contribution in [0, 0.1) is 11.8 Å². The predicted molar refractivity (Wildman–Crippen MR) is 93.3 cm³/mol. The molecule has 1 aromatic heterocycles. The van der Waals surface area contributed by atoms with E-state index in [2.05, 4.69) is 50.7 Å². The summed E-state index contributed by atoms with van der Waals surface area (Å²) in [5, 5.41) is 0.116. The van der Waals surface area contributed by atoms with E-state index in [0.717, 1.165) is 13.0 Å². The van der Waals surface area contributed by atoms with Crippen LogP contribution in [0.2, 0.25) is 18.1 Å². The minimum absolute atomic E-state index is 0.0896. The quantitative estimate of drug-likeness (QED) is 0.628. The van der Waals surface area contributed by atoms with Crippen molar-refractivity contribution in [3.63, 3.8) is 0 Å². The predicted octanol–water partition coefficient (Wildman–Crippen LogP) is 2.51. The maximum absolute atomic E-state index is 12.5. The third-order valence-corrected chi connectivity index (χ3v) is 9.19. The van der Waals surface area contributed by atoms with E-state index in [4.69, 9.17) is 4.43 Å². The Balaban J connectivity index is 1.86. The third kappa shape index (κ3) is 4.46. The van der Waals surface area contributed by atoms with Crippen LogP contribution in [0.4, 0.5) is 0 Å². The fraction of sp³-hybridized carbons (Fsp3) is 0.647. The van der Waals surface area contributed by atoms with Crippen LogP contribution in [0.5, 0.6) is 0 Å². The molecular weight excluding hydrogens is 306 g/mol. The van der Waals surface area contributed by atoms with E-state index in [0.29, 0.717) is 13.1 Å². The second-order valence-electron chi connectivity index (χ2n) is 7.50. The zero-order chi connectivity index (χ0) is 17.1. The van der Waals surface area contributed by atoms with E-state index in [9.17, 15) is 4.79 Å². The number of amides is 1. The van der Waals surface area contributed by atoms with E-state index >= 15 is 0 Å². The van der Waals surface area contributed by atoms with Crippen molar-refractivity contribution < 1.29 is 9.22 Å². The van der Waals surface area contributed by atoms with Gasteiger partial charge in [-0.15, -0.1) is 0 Å². The maximum Gasteiger partial charge on any atom is 0.251 e. The molecule has 1 aromatic rings. The van der Waals surface area contributed by atoms with Gasteiger partial charge in [0, 0.05) is 18.9 Å². The molecule has 0 aromatic carbocycles. The van der Waals surface area contributed by atoms with Gasteiger partial charge in [-0.3, -0.25) is 4.79 Å². The van der Waals surface area contributed by atoms with Crippen LogP contribution in [-0.4, -0.2) is 47.9 Å². The van der Waals surface area contributed by atoms with Crippen molar-refractivity contribution in [2.75, 3.05) is 13.1 Å². The van der Waals surface area contributed by atoms with Crippen LogP contribution in [0.1, 0.15) is 27.2 Å². The normalized spacial score (nSPS) is 18.9. The number of carbonyl (C=O) groups excluding carboxylic acids is 1. The number of aromatic nitrogens is 2. The van der Waals surface area contributed by atoms with Crippen molar-refractivity contribution in [1.29, 1.82) is 0 Å². The molecule has 0 N–H and O–H groups in total. The van der Waals surface area contributed by atoms with Crippen molar-refractivity contribution in [1.82, 2.24) is 14.5 Å². The van der Waals surface area contributed by atoms with E-state index in [1.807, 2.05) is 10.8 Å². The first-order chi connectivity index (χ1) is 10.7. The zero-order valence-corrected chi connectivity index (χ0v) is 15.8. The molecule has 5 nitrogen and oxygen atoms in total. The van der Waals surface area contributed by atoms with Crippen LogP contribution in [0.15, 0.2) is 18.7 Å². The minimum Gasteiger partial charge on any atom is -0.405 e. The number of hydrogen-bond acceptors (Lipinski definition) is 3. The molecule has 1 aliphatic heterocycles. The summed E-state index contributed by atoms with van der Waals surface area (Å²) in [7, 11) is -1.91. The Morgan fingerprint density at radius 3 is 2.65 bits per heavy atom. The molecule has 2 heterocycles. The van der Waals surface area contributed by atoms with Crippen LogP contribution in [0.25, 0.3) is 0 Å². The molecule has 23 heavy (non-hydrogen) atoms. The molecule has 0 radical (unpaired) electrons. The van der Waals surface area contributed by atoms with Gasteiger partial charge in [0.2, 0.25) is 0 Å². The molecule has 0 saturated carbocycles. The number of imidazole rings is 1. The molecule has 0 aliphatic carbocycles. The van der Waals surface area contributed by atoms with E-state index in [1.54, 1.807) is 17.4 Å². The first kappa shape index (κ1) is 17.8. The molecule has 2 rings (SSSR count). The lowest BCUT2D eigenvalue weighted by atomic mass is 10.2. The average Bonchev–Trinajstić information content (AvgIpc) is 3.06. The number of nitrogens with zero attached hydrogens (tertiary/aromatic N) is 3. The molecule has 0 bridgehead atoms. The van der Waals surface area contributed by atoms with E-state index < -0.39 is 8.32 Å². The van der Waals surface area contributed by atoms with Crippen LogP contribution in [-0.2, 0) is 15.8 Å². The van der Waals surface area contributed by atoms with Crippen LogP contribution < -0.4 is 0 Å². The van der Waals surface area contributed by atoms with Crippen molar-refractivity contribution in [3.05, 3.63) is 18.7 Å². The molecule has 1 amide bonds. The highest BCUT2D eigenvalue weighted by molar-refractivity contribution is 6.74. The fourth-order valence-corrected chi connectivity index (χ4v) is 3.47. The van der Waals surface area contributed by atoms with Crippen LogP contribution >= 0.6 is 0 Å². The second-order valence-corrected chi connectivity index (χ2v) is 12.3. The van der Waals surface area contributed by atoms with Crippen molar-refractivity contribution in [2.45, 2.75) is 58.0 Å². The van der Waals surface area contributed by atoms with Gasteiger partial charge >= 0.3 is 0 Å². The SMILES string of the molecule is CC(C)(C)[Si](C)(C)O[C@@H]1CCN(CC#CCn2ccnc2)C1=O. The highest BCUT2D eigenvalue weighted by atomic mass is 28.4. The highest BCUT2D eigenvalue weighted by Gasteiger charge is 2.43. The maximum atomic E-state index is 12.5. The molecule has 0 unspecified atom stereocenters. The second kappa shape index (κ2) is 6.89. The Labute approximate surface area is 140 Å². The van der Waals surface area contributed by atoms with Gasteiger partial charge < -0.3 is 13.9 Å². The lowest BCUT2D eigenvalue weighted by Crippen LogP contribution is -2.46. The van der Waals surface area contributed by atoms with Crippen molar-refractivity contribution in [2.24, 2.45) is 0 Å².